The highest BCUT2D eigenvalue weighted by molar-refractivity contribution is 7.89. The maximum atomic E-state index is 13.7. The fraction of sp³-hybridized carbons (Fsp3) is 0.263. The summed E-state index contributed by atoms with van der Waals surface area (Å²) < 4.78 is 53.7. The fourth-order valence-electron chi connectivity index (χ4n) is 3.20. The Labute approximate surface area is 155 Å². The van der Waals surface area contributed by atoms with Crippen molar-refractivity contribution in [3.63, 3.8) is 0 Å². The third kappa shape index (κ3) is 3.69. The molecule has 1 N–H and O–H groups in total. The highest BCUT2D eigenvalue weighted by Crippen LogP contribution is 2.44. The lowest BCUT2D eigenvalue weighted by molar-refractivity contribution is -0.128. The van der Waals surface area contributed by atoms with Crippen molar-refractivity contribution in [3.8, 4) is 6.07 Å². The number of rotatable bonds is 5. The van der Waals surface area contributed by atoms with Crippen LogP contribution in [0.15, 0.2) is 42.5 Å². The maximum Gasteiger partial charge on any atom is 0.244 e. The Kier molecular flexibility index (Phi) is 4.98. The monoisotopic (exact) mass is 390 g/mol. The van der Waals surface area contributed by atoms with Crippen molar-refractivity contribution < 1.29 is 22.0 Å². The van der Waals surface area contributed by atoms with E-state index in [-0.39, 0.29) is 5.56 Å². The first-order valence-corrected chi connectivity index (χ1v) is 9.91. The molecule has 8 heteroatoms. The molecule has 0 heterocycles. The van der Waals surface area contributed by atoms with E-state index in [2.05, 4.69) is 0 Å². The number of benzene rings is 2. The second-order valence-electron chi connectivity index (χ2n) is 6.53. The minimum Gasteiger partial charge on any atom is -0.273 e. The van der Waals surface area contributed by atoms with E-state index in [1.165, 1.54) is 6.07 Å². The Morgan fingerprint density at radius 2 is 1.89 bits per heavy atom. The van der Waals surface area contributed by atoms with E-state index in [1.54, 1.807) is 24.3 Å². The molecule has 1 aliphatic rings. The zero-order chi connectivity index (χ0) is 19.7. The number of carbonyl (C=O) groups is 1. The van der Waals surface area contributed by atoms with Crippen LogP contribution < -0.4 is 4.72 Å². The molecule has 27 heavy (non-hydrogen) atoms. The third-order valence-corrected chi connectivity index (χ3v) is 6.00. The van der Waals surface area contributed by atoms with E-state index < -0.39 is 38.7 Å². The number of hydrogen-bond acceptors (Lipinski definition) is 4. The molecular weight excluding hydrogens is 374 g/mol. The van der Waals surface area contributed by atoms with Gasteiger partial charge in [-0.25, -0.2) is 17.2 Å². The first-order chi connectivity index (χ1) is 12.8. The first-order valence-electron chi connectivity index (χ1n) is 8.26. The van der Waals surface area contributed by atoms with Gasteiger partial charge >= 0.3 is 0 Å². The lowest BCUT2D eigenvalue weighted by atomic mass is 9.64. The number of carbonyl (C=O) groups excluding carboxylic acids is 1. The predicted octanol–water partition coefficient (Wildman–Crippen LogP) is 2.90. The second kappa shape index (κ2) is 7.08. The van der Waals surface area contributed by atoms with Crippen LogP contribution in [-0.4, -0.2) is 14.3 Å². The van der Waals surface area contributed by atoms with Crippen LogP contribution >= 0.6 is 0 Å². The Bertz CT molecular complexity index is 1040. The van der Waals surface area contributed by atoms with Gasteiger partial charge in [0.2, 0.25) is 15.9 Å². The molecule has 1 aliphatic carbocycles. The number of halogens is 2. The van der Waals surface area contributed by atoms with Crippen molar-refractivity contribution in [2.24, 2.45) is 0 Å². The Hall–Kier alpha value is -2.79. The standard InChI is InChI=1S/C19H16F2N2O3S/c20-16-7-2-5-14(17(16)21)12-27(25,26)23-18(24)19(8-3-9-19)15-6-1-4-13(10-15)11-22/h1-2,4-7,10H,3,8-9,12H2,(H,23,24). The Morgan fingerprint density at radius 3 is 2.52 bits per heavy atom. The molecule has 1 fully saturated rings. The number of nitrogens with one attached hydrogen (secondary N) is 1. The molecule has 0 saturated heterocycles. The van der Waals surface area contributed by atoms with E-state index in [0.717, 1.165) is 18.6 Å². The average molecular weight is 390 g/mol. The maximum absolute atomic E-state index is 13.7. The largest absolute Gasteiger partial charge is 0.273 e. The summed E-state index contributed by atoms with van der Waals surface area (Å²) in [5.41, 5.74) is -0.460. The van der Waals surface area contributed by atoms with Gasteiger partial charge in [-0.15, -0.1) is 0 Å². The number of amides is 1. The van der Waals surface area contributed by atoms with Crippen LogP contribution in [0.1, 0.15) is 36.0 Å². The summed E-state index contributed by atoms with van der Waals surface area (Å²) in [5, 5.41) is 9.04. The predicted molar refractivity (Wildman–Crippen MR) is 93.8 cm³/mol. The molecule has 3 rings (SSSR count). The molecule has 0 bridgehead atoms. The normalized spacial score (nSPS) is 15.4. The molecule has 2 aromatic carbocycles. The second-order valence-corrected chi connectivity index (χ2v) is 8.25. The summed E-state index contributed by atoms with van der Waals surface area (Å²) in [6.07, 6.45) is 1.62. The molecule has 0 aromatic heterocycles. The van der Waals surface area contributed by atoms with Gasteiger partial charge in [0.25, 0.3) is 0 Å². The van der Waals surface area contributed by atoms with E-state index in [0.29, 0.717) is 24.0 Å². The zero-order valence-corrected chi connectivity index (χ0v) is 15.0. The van der Waals surface area contributed by atoms with Crippen LogP contribution in [0.5, 0.6) is 0 Å². The minimum atomic E-state index is -4.23. The molecule has 5 nitrogen and oxygen atoms in total. The number of nitriles is 1. The zero-order valence-electron chi connectivity index (χ0n) is 14.2. The number of nitrogens with zero attached hydrogens (tertiary/aromatic N) is 1. The Balaban J connectivity index is 1.84. The molecule has 140 valence electrons. The number of hydrogen-bond donors (Lipinski definition) is 1. The van der Waals surface area contributed by atoms with Gasteiger partial charge in [0, 0.05) is 5.56 Å². The minimum absolute atomic E-state index is 0.357. The van der Waals surface area contributed by atoms with Crippen molar-refractivity contribution >= 4 is 15.9 Å². The molecule has 2 aromatic rings. The van der Waals surface area contributed by atoms with Gasteiger partial charge in [-0.1, -0.05) is 30.7 Å². The lowest BCUT2D eigenvalue weighted by Crippen LogP contribution is -2.51. The molecular formula is C19H16F2N2O3S. The van der Waals surface area contributed by atoms with Gasteiger partial charge in [-0.3, -0.25) is 9.52 Å². The van der Waals surface area contributed by atoms with Gasteiger partial charge in [0.15, 0.2) is 11.6 Å². The molecule has 0 unspecified atom stereocenters. The smallest absolute Gasteiger partial charge is 0.244 e. The van der Waals surface area contributed by atoms with Crippen molar-refractivity contribution in [1.82, 2.24) is 4.72 Å². The molecule has 1 saturated carbocycles. The quantitative estimate of drug-likeness (QED) is 0.850. The van der Waals surface area contributed by atoms with Gasteiger partial charge < -0.3 is 0 Å². The van der Waals surface area contributed by atoms with Gasteiger partial charge in [0.1, 0.15) is 0 Å². The van der Waals surface area contributed by atoms with Crippen molar-refractivity contribution in [2.45, 2.75) is 30.4 Å². The molecule has 0 atom stereocenters. The SMILES string of the molecule is N#Cc1cccc(C2(C(=O)NS(=O)(=O)Cc3cccc(F)c3F)CCC2)c1. The third-order valence-electron chi connectivity index (χ3n) is 4.81. The molecule has 0 aliphatic heterocycles. The highest BCUT2D eigenvalue weighted by atomic mass is 32.2. The van der Waals surface area contributed by atoms with Crippen molar-refractivity contribution in [2.75, 3.05) is 0 Å². The van der Waals surface area contributed by atoms with Gasteiger partial charge in [-0.05, 0) is 36.6 Å². The average Bonchev–Trinajstić information content (AvgIpc) is 2.57. The van der Waals surface area contributed by atoms with Gasteiger partial charge in [0.05, 0.1) is 22.8 Å². The molecule has 1 amide bonds. The summed E-state index contributed by atoms with van der Waals surface area (Å²) >= 11 is 0. The summed E-state index contributed by atoms with van der Waals surface area (Å²) in [7, 11) is -4.23. The Morgan fingerprint density at radius 1 is 1.19 bits per heavy atom. The molecule has 0 radical (unpaired) electrons. The van der Waals surface area contributed by atoms with Crippen LogP contribution in [0.2, 0.25) is 0 Å². The summed E-state index contributed by atoms with van der Waals surface area (Å²) in [6, 6.07) is 11.7. The van der Waals surface area contributed by atoms with E-state index in [1.807, 2.05) is 10.8 Å². The fourth-order valence-corrected chi connectivity index (χ4v) is 4.39. The van der Waals surface area contributed by atoms with Crippen molar-refractivity contribution in [1.29, 1.82) is 5.26 Å². The van der Waals surface area contributed by atoms with Gasteiger partial charge in [-0.2, -0.15) is 5.26 Å². The highest BCUT2D eigenvalue weighted by Gasteiger charge is 2.47. The van der Waals surface area contributed by atoms with E-state index in [4.69, 9.17) is 5.26 Å². The van der Waals surface area contributed by atoms with E-state index >= 15 is 0 Å². The topological polar surface area (TPSA) is 87.0 Å². The molecule has 0 spiro atoms. The van der Waals surface area contributed by atoms with Crippen LogP contribution in [-0.2, 0) is 26.0 Å². The summed E-state index contributed by atoms with van der Waals surface area (Å²) in [4.78, 5) is 12.8. The summed E-state index contributed by atoms with van der Waals surface area (Å²) in [5.74, 6) is -3.98. The lowest BCUT2D eigenvalue weighted by Gasteiger charge is -2.40. The number of sulfonamides is 1. The first kappa shape index (κ1) is 19.0. The van der Waals surface area contributed by atoms with Crippen LogP contribution in [0.25, 0.3) is 0 Å². The van der Waals surface area contributed by atoms with Crippen LogP contribution in [0.3, 0.4) is 0 Å². The van der Waals surface area contributed by atoms with Crippen molar-refractivity contribution in [3.05, 3.63) is 70.8 Å². The van der Waals surface area contributed by atoms with Crippen LogP contribution in [0, 0.1) is 23.0 Å². The summed E-state index contributed by atoms with van der Waals surface area (Å²) in [6.45, 7) is 0. The van der Waals surface area contributed by atoms with E-state index in [9.17, 15) is 22.0 Å². The van der Waals surface area contributed by atoms with Crippen LogP contribution in [0.4, 0.5) is 8.78 Å².